The third kappa shape index (κ3) is 4.93. The maximum atomic E-state index is 6.29. The Hall–Kier alpha value is -6.39. The molecule has 0 unspecified atom stereocenters. The summed E-state index contributed by atoms with van der Waals surface area (Å²) in [5, 5.41) is 2.10. The lowest BCUT2D eigenvalue weighted by molar-refractivity contribution is 0.620. The van der Waals surface area contributed by atoms with Gasteiger partial charge in [-0.25, -0.2) is 4.98 Å². The first-order valence-electron chi connectivity index (χ1n) is 15.7. The molecule has 9 aromatic rings. The van der Waals surface area contributed by atoms with E-state index < -0.39 is 0 Å². The molecule has 4 nitrogen and oxygen atoms in total. The van der Waals surface area contributed by atoms with Crippen LogP contribution in [0, 0.1) is 0 Å². The Bertz CT molecular complexity index is 2390. The average Bonchev–Trinajstić information content (AvgIpc) is 3.73. The van der Waals surface area contributed by atoms with Crippen molar-refractivity contribution in [3.63, 3.8) is 0 Å². The fourth-order valence-corrected chi connectivity index (χ4v) is 6.34. The summed E-state index contributed by atoms with van der Waals surface area (Å²) in [5.41, 5.74) is 12.0. The largest absolute Gasteiger partial charge is 0.456 e. The first kappa shape index (κ1) is 27.0. The van der Waals surface area contributed by atoms with E-state index in [9.17, 15) is 0 Å². The van der Waals surface area contributed by atoms with E-state index in [1.807, 2.05) is 42.5 Å². The number of aromatic nitrogens is 1. The van der Waals surface area contributed by atoms with E-state index in [1.165, 1.54) is 22.3 Å². The Labute approximate surface area is 271 Å². The third-order valence-corrected chi connectivity index (χ3v) is 8.72. The van der Waals surface area contributed by atoms with Gasteiger partial charge in [-0.3, -0.25) is 0 Å². The summed E-state index contributed by atoms with van der Waals surface area (Å²) in [6, 6.07) is 58.8. The lowest BCUT2D eigenvalue weighted by Crippen LogP contribution is -2.09. The normalized spacial score (nSPS) is 11.4. The Kier molecular flexibility index (Phi) is 6.43. The highest BCUT2D eigenvalue weighted by molar-refractivity contribution is 6.08. The van der Waals surface area contributed by atoms with E-state index in [4.69, 9.17) is 13.8 Å². The van der Waals surface area contributed by atoms with E-state index in [1.54, 1.807) is 0 Å². The second-order valence-electron chi connectivity index (χ2n) is 11.6. The number of hydrogen-bond donors (Lipinski definition) is 0. The Morgan fingerprint density at radius 3 is 1.43 bits per heavy atom. The lowest BCUT2D eigenvalue weighted by Gasteiger charge is -2.26. The van der Waals surface area contributed by atoms with Crippen LogP contribution in [0.1, 0.15) is 0 Å². The second-order valence-corrected chi connectivity index (χ2v) is 11.6. The zero-order chi connectivity index (χ0) is 31.2. The minimum absolute atomic E-state index is 0.578. The zero-order valence-corrected chi connectivity index (χ0v) is 25.4. The first-order chi connectivity index (χ1) is 23.3. The Morgan fingerprint density at radius 1 is 0.362 bits per heavy atom. The third-order valence-electron chi connectivity index (χ3n) is 8.72. The number of furan rings is 1. The van der Waals surface area contributed by atoms with Crippen LogP contribution in [0.4, 0.5) is 17.1 Å². The van der Waals surface area contributed by atoms with Crippen LogP contribution >= 0.6 is 0 Å². The molecule has 0 saturated carbocycles. The number of fused-ring (bicyclic) bond motifs is 4. The van der Waals surface area contributed by atoms with Gasteiger partial charge >= 0.3 is 0 Å². The molecule has 0 bridgehead atoms. The fourth-order valence-electron chi connectivity index (χ4n) is 6.34. The van der Waals surface area contributed by atoms with Gasteiger partial charge in [0.25, 0.3) is 0 Å². The number of nitrogens with zero attached hydrogens (tertiary/aromatic N) is 2. The molecule has 0 fully saturated rings. The average molecular weight is 605 g/mol. The van der Waals surface area contributed by atoms with Gasteiger partial charge in [0.15, 0.2) is 5.58 Å². The highest BCUT2D eigenvalue weighted by atomic mass is 16.4. The van der Waals surface area contributed by atoms with Crippen LogP contribution in [0.2, 0.25) is 0 Å². The molecular formula is C43H28N2O2. The number of oxazole rings is 1. The highest BCUT2D eigenvalue weighted by Gasteiger charge is 2.16. The van der Waals surface area contributed by atoms with Crippen LogP contribution in [0.15, 0.2) is 179 Å². The SMILES string of the molecule is c1ccc(-c2ccc(N(c3ccc(-c4ccccc4)cc3)c3ccc(-c4nc5cc6oc7ccccc7c6cc5o4)cc3)cc2)cc1. The summed E-state index contributed by atoms with van der Waals surface area (Å²) < 4.78 is 12.4. The van der Waals surface area contributed by atoms with E-state index in [-0.39, 0.29) is 0 Å². The van der Waals surface area contributed by atoms with Crippen LogP contribution < -0.4 is 4.90 Å². The van der Waals surface area contributed by atoms with Crippen molar-refractivity contribution in [3.8, 4) is 33.7 Å². The van der Waals surface area contributed by atoms with Gasteiger partial charge in [-0.2, -0.15) is 0 Å². The summed E-state index contributed by atoms with van der Waals surface area (Å²) >= 11 is 0. The number of hydrogen-bond acceptors (Lipinski definition) is 4. The summed E-state index contributed by atoms with van der Waals surface area (Å²) in [6.07, 6.45) is 0. The molecule has 0 spiro atoms. The molecule has 7 aromatic carbocycles. The molecule has 0 N–H and O–H groups in total. The van der Waals surface area contributed by atoms with Crippen LogP contribution in [-0.4, -0.2) is 4.98 Å². The van der Waals surface area contributed by atoms with Crippen molar-refractivity contribution < 1.29 is 8.83 Å². The zero-order valence-electron chi connectivity index (χ0n) is 25.4. The van der Waals surface area contributed by atoms with Crippen molar-refractivity contribution in [1.82, 2.24) is 4.98 Å². The molecule has 222 valence electrons. The summed E-state index contributed by atoms with van der Waals surface area (Å²) in [6.45, 7) is 0. The monoisotopic (exact) mass is 604 g/mol. The molecule has 0 radical (unpaired) electrons. The molecule has 0 aliphatic rings. The van der Waals surface area contributed by atoms with Crippen molar-refractivity contribution >= 4 is 50.1 Å². The highest BCUT2D eigenvalue weighted by Crippen LogP contribution is 2.38. The molecule has 4 heteroatoms. The quantitative estimate of drug-likeness (QED) is 0.189. The van der Waals surface area contributed by atoms with Gasteiger partial charge in [0, 0.05) is 39.5 Å². The topological polar surface area (TPSA) is 42.4 Å². The van der Waals surface area contributed by atoms with Crippen LogP contribution in [0.5, 0.6) is 0 Å². The van der Waals surface area contributed by atoms with Crippen LogP contribution in [-0.2, 0) is 0 Å². The number of benzene rings is 7. The van der Waals surface area contributed by atoms with Crippen molar-refractivity contribution in [3.05, 3.63) is 170 Å². The van der Waals surface area contributed by atoms with Crippen molar-refractivity contribution in [2.45, 2.75) is 0 Å². The first-order valence-corrected chi connectivity index (χ1v) is 15.7. The smallest absolute Gasteiger partial charge is 0.227 e. The summed E-state index contributed by atoms with van der Waals surface area (Å²) in [5.74, 6) is 0.578. The van der Waals surface area contributed by atoms with Gasteiger partial charge < -0.3 is 13.7 Å². The van der Waals surface area contributed by atoms with Crippen molar-refractivity contribution in [1.29, 1.82) is 0 Å². The van der Waals surface area contributed by atoms with Crippen molar-refractivity contribution in [2.75, 3.05) is 4.90 Å². The molecule has 2 heterocycles. The number of anilines is 3. The minimum Gasteiger partial charge on any atom is -0.456 e. The van der Waals surface area contributed by atoms with Gasteiger partial charge in [-0.1, -0.05) is 103 Å². The second kappa shape index (κ2) is 11.2. The van der Waals surface area contributed by atoms with E-state index in [0.717, 1.165) is 55.7 Å². The Balaban J connectivity index is 1.08. The molecule has 0 saturated heterocycles. The lowest BCUT2D eigenvalue weighted by atomic mass is 10.0. The van der Waals surface area contributed by atoms with E-state index in [2.05, 4.69) is 132 Å². The molecule has 9 rings (SSSR count). The van der Waals surface area contributed by atoms with Gasteiger partial charge in [-0.15, -0.1) is 0 Å². The van der Waals surface area contributed by atoms with Crippen LogP contribution in [0.25, 0.3) is 66.7 Å². The molecule has 2 aromatic heterocycles. The van der Waals surface area contributed by atoms with Gasteiger partial charge in [0.2, 0.25) is 5.89 Å². The summed E-state index contributed by atoms with van der Waals surface area (Å²) in [4.78, 5) is 7.11. The summed E-state index contributed by atoms with van der Waals surface area (Å²) in [7, 11) is 0. The van der Waals surface area contributed by atoms with Crippen molar-refractivity contribution in [2.24, 2.45) is 0 Å². The van der Waals surface area contributed by atoms with Crippen LogP contribution in [0.3, 0.4) is 0 Å². The molecular weight excluding hydrogens is 576 g/mol. The standard InChI is InChI=1S/C43H28N2O2/c1-3-9-29(10-4-1)31-15-21-34(22-16-31)45(35-23-17-32(18-24-35)30-11-5-2-6-12-30)36-25-19-33(20-26-36)43-44-39-28-41-38(27-42(39)47-43)37-13-7-8-14-40(37)46-41/h1-28H. The minimum atomic E-state index is 0.578. The molecule has 0 aliphatic carbocycles. The number of para-hydroxylation sites is 1. The van der Waals surface area contributed by atoms with Gasteiger partial charge in [-0.05, 0) is 82.9 Å². The van der Waals surface area contributed by atoms with Gasteiger partial charge in [0.1, 0.15) is 16.7 Å². The fraction of sp³-hybridized carbons (Fsp3) is 0. The predicted molar refractivity (Wildman–Crippen MR) is 192 cm³/mol. The van der Waals surface area contributed by atoms with E-state index in [0.29, 0.717) is 5.89 Å². The Morgan fingerprint density at radius 2 is 0.851 bits per heavy atom. The molecule has 0 amide bonds. The number of rotatable bonds is 6. The maximum Gasteiger partial charge on any atom is 0.227 e. The van der Waals surface area contributed by atoms with Gasteiger partial charge in [0.05, 0.1) is 0 Å². The molecule has 47 heavy (non-hydrogen) atoms. The maximum absolute atomic E-state index is 6.29. The predicted octanol–water partition coefficient (Wildman–Crippen LogP) is 12.2. The molecule has 0 atom stereocenters. The van der Waals surface area contributed by atoms with E-state index >= 15 is 0 Å². The molecule has 0 aliphatic heterocycles.